The topological polar surface area (TPSA) is 117 Å². The van der Waals surface area contributed by atoms with Gasteiger partial charge in [-0.3, -0.25) is 19.3 Å². The zero-order valence-corrected chi connectivity index (χ0v) is 18.3. The highest BCUT2D eigenvalue weighted by molar-refractivity contribution is 6.08. The molecule has 0 aromatic heterocycles. The van der Waals surface area contributed by atoms with Crippen LogP contribution in [0.3, 0.4) is 0 Å². The Kier molecular flexibility index (Phi) is 7.14. The number of amides is 3. The molecule has 1 N–H and O–H groups in total. The van der Waals surface area contributed by atoms with Gasteiger partial charge in [-0.05, 0) is 38.0 Å². The molecule has 31 heavy (non-hydrogen) atoms. The van der Waals surface area contributed by atoms with Crippen molar-refractivity contribution in [2.75, 3.05) is 6.61 Å². The first kappa shape index (κ1) is 23.0. The third kappa shape index (κ3) is 4.97. The number of rotatable bonds is 7. The summed E-state index contributed by atoms with van der Waals surface area (Å²) in [5.41, 5.74) is -0.914. The molecule has 168 valence electrons. The Hall–Kier alpha value is -2.69. The van der Waals surface area contributed by atoms with E-state index in [9.17, 15) is 24.4 Å². The number of nitrogens with one attached hydrogen (secondary N) is 1. The summed E-state index contributed by atoms with van der Waals surface area (Å²) < 4.78 is 5.24. The van der Waals surface area contributed by atoms with E-state index in [2.05, 4.69) is 11.4 Å². The van der Waals surface area contributed by atoms with Gasteiger partial charge in [-0.1, -0.05) is 45.3 Å². The van der Waals surface area contributed by atoms with Gasteiger partial charge in [-0.2, -0.15) is 5.26 Å². The molecule has 1 aliphatic heterocycles. The average Bonchev–Trinajstić information content (AvgIpc) is 3.01. The molecule has 3 aliphatic rings. The lowest BCUT2D eigenvalue weighted by Gasteiger charge is -2.31. The summed E-state index contributed by atoms with van der Waals surface area (Å²) in [6.07, 6.45) is 8.95. The van der Waals surface area contributed by atoms with E-state index >= 15 is 0 Å². The molecule has 0 radical (unpaired) electrons. The van der Waals surface area contributed by atoms with Gasteiger partial charge in [0, 0.05) is 0 Å². The Morgan fingerprint density at radius 1 is 1.16 bits per heavy atom. The van der Waals surface area contributed by atoms with Crippen molar-refractivity contribution in [1.82, 2.24) is 10.2 Å². The van der Waals surface area contributed by atoms with Crippen LogP contribution in [0.15, 0.2) is 12.2 Å². The molecular formula is C23H31N3O5. The number of fused-ring (bicyclic) bond motifs is 1. The van der Waals surface area contributed by atoms with Crippen molar-refractivity contribution < 1.29 is 23.9 Å². The lowest BCUT2D eigenvalue weighted by molar-refractivity contribution is -0.161. The number of nitriles is 1. The summed E-state index contributed by atoms with van der Waals surface area (Å²) in [5, 5.41) is 12.2. The van der Waals surface area contributed by atoms with Gasteiger partial charge in [0.05, 0.1) is 17.9 Å². The van der Waals surface area contributed by atoms with E-state index in [1.54, 1.807) is 0 Å². The summed E-state index contributed by atoms with van der Waals surface area (Å²) in [7, 11) is 0. The van der Waals surface area contributed by atoms with E-state index in [-0.39, 0.29) is 24.2 Å². The Bertz CT molecular complexity index is 781. The first-order chi connectivity index (χ1) is 14.8. The number of ether oxygens (including phenoxy) is 1. The minimum atomic E-state index is -1.04. The molecule has 0 unspecified atom stereocenters. The number of hydrogen-bond acceptors (Lipinski definition) is 6. The molecule has 3 atom stereocenters. The van der Waals surface area contributed by atoms with Crippen molar-refractivity contribution in [3.05, 3.63) is 12.2 Å². The second kappa shape index (κ2) is 9.63. The first-order valence-corrected chi connectivity index (χ1v) is 11.2. The second-order valence-electron chi connectivity index (χ2n) is 9.26. The number of carbonyl (C=O) groups is 4. The van der Waals surface area contributed by atoms with Crippen molar-refractivity contribution >= 4 is 23.7 Å². The van der Waals surface area contributed by atoms with E-state index in [1.807, 2.05) is 26.0 Å². The molecule has 2 aliphatic carbocycles. The summed E-state index contributed by atoms with van der Waals surface area (Å²) in [6, 6.07) is 1.15. The summed E-state index contributed by atoms with van der Waals surface area (Å²) in [4.78, 5) is 52.1. The maximum atomic E-state index is 12.9. The molecule has 0 aromatic carbocycles. The number of hydrogen-bond donors (Lipinski definition) is 1. The predicted molar refractivity (Wildman–Crippen MR) is 111 cm³/mol. The Balaban J connectivity index is 1.65. The zero-order chi connectivity index (χ0) is 22.6. The lowest BCUT2D eigenvalue weighted by Crippen LogP contribution is -2.51. The van der Waals surface area contributed by atoms with E-state index in [1.165, 1.54) is 0 Å². The molecule has 1 saturated carbocycles. The average molecular weight is 430 g/mol. The molecule has 0 bridgehead atoms. The van der Waals surface area contributed by atoms with Crippen LogP contribution in [0.5, 0.6) is 0 Å². The van der Waals surface area contributed by atoms with Crippen LogP contribution in [-0.4, -0.2) is 46.8 Å². The smallest absolute Gasteiger partial charge is 0.329 e. The number of likely N-dealkylation sites (tertiary alicyclic amines) is 1. The maximum absolute atomic E-state index is 12.9. The maximum Gasteiger partial charge on any atom is 0.329 e. The normalized spacial score (nSPS) is 25.7. The lowest BCUT2D eigenvalue weighted by atomic mass is 9.83. The van der Waals surface area contributed by atoms with E-state index in [0.29, 0.717) is 25.7 Å². The monoisotopic (exact) mass is 429 g/mol. The van der Waals surface area contributed by atoms with Crippen LogP contribution < -0.4 is 5.32 Å². The zero-order valence-electron chi connectivity index (χ0n) is 18.3. The fourth-order valence-corrected chi connectivity index (χ4v) is 4.84. The minimum Gasteiger partial charge on any atom is -0.454 e. The van der Waals surface area contributed by atoms with Crippen molar-refractivity contribution in [3.63, 3.8) is 0 Å². The fraction of sp³-hybridized carbons (Fsp3) is 0.696. The van der Waals surface area contributed by atoms with E-state index < -0.39 is 41.9 Å². The molecule has 8 nitrogen and oxygen atoms in total. The number of esters is 1. The highest BCUT2D eigenvalue weighted by atomic mass is 16.5. The summed E-state index contributed by atoms with van der Waals surface area (Å²) in [5.74, 6) is -2.79. The van der Waals surface area contributed by atoms with Gasteiger partial charge in [0.25, 0.3) is 5.91 Å². The highest BCUT2D eigenvalue weighted by Crippen LogP contribution is 2.37. The van der Waals surface area contributed by atoms with Crippen LogP contribution in [-0.2, 0) is 23.9 Å². The van der Waals surface area contributed by atoms with Crippen molar-refractivity contribution in [2.24, 2.45) is 17.8 Å². The van der Waals surface area contributed by atoms with Gasteiger partial charge in [0.1, 0.15) is 11.6 Å². The largest absolute Gasteiger partial charge is 0.454 e. The van der Waals surface area contributed by atoms with Gasteiger partial charge < -0.3 is 10.1 Å². The summed E-state index contributed by atoms with van der Waals surface area (Å²) >= 11 is 0. The quantitative estimate of drug-likeness (QED) is 0.377. The van der Waals surface area contributed by atoms with Gasteiger partial charge in [-0.15, -0.1) is 0 Å². The van der Waals surface area contributed by atoms with E-state index in [0.717, 1.165) is 24.2 Å². The van der Waals surface area contributed by atoms with Crippen LogP contribution in [0.25, 0.3) is 0 Å². The molecule has 2 fully saturated rings. The molecule has 3 rings (SSSR count). The second-order valence-corrected chi connectivity index (χ2v) is 9.26. The molecule has 1 heterocycles. The molecule has 0 spiro atoms. The number of carbonyl (C=O) groups excluding carboxylic acids is 4. The van der Waals surface area contributed by atoms with Crippen molar-refractivity contribution in [1.29, 1.82) is 5.26 Å². The minimum absolute atomic E-state index is 0.0387. The third-order valence-electron chi connectivity index (χ3n) is 6.47. The molecular weight excluding hydrogens is 398 g/mol. The molecule has 1 saturated heterocycles. The highest BCUT2D eigenvalue weighted by Gasteiger charge is 2.51. The van der Waals surface area contributed by atoms with Crippen LogP contribution in [0, 0.1) is 29.1 Å². The van der Waals surface area contributed by atoms with Crippen LogP contribution in [0.1, 0.15) is 65.2 Å². The predicted octanol–water partition coefficient (Wildman–Crippen LogP) is 2.24. The van der Waals surface area contributed by atoms with Crippen LogP contribution >= 0.6 is 0 Å². The van der Waals surface area contributed by atoms with Gasteiger partial charge in [-0.25, -0.2) is 4.79 Å². The molecule has 3 amide bonds. The number of imide groups is 1. The summed E-state index contributed by atoms with van der Waals surface area (Å²) in [6.45, 7) is 3.25. The molecule has 0 aromatic rings. The van der Waals surface area contributed by atoms with Crippen LogP contribution in [0.4, 0.5) is 0 Å². The van der Waals surface area contributed by atoms with Crippen molar-refractivity contribution in [3.8, 4) is 6.07 Å². The first-order valence-electron chi connectivity index (χ1n) is 11.2. The van der Waals surface area contributed by atoms with E-state index in [4.69, 9.17) is 4.74 Å². The Morgan fingerprint density at radius 2 is 1.74 bits per heavy atom. The standard InChI is InChI=1S/C23H31N3O5/c1-15(2)12-18(26-20(28)16-8-4-5-9-17(16)21(26)29)22(30)31-13-19(27)25-23(14-24)10-6-3-7-11-23/h4-5,15-18H,3,6-13H2,1-2H3,(H,25,27)/t16-,17-,18+/m0/s1. The Morgan fingerprint density at radius 3 is 2.26 bits per heavy atom. The number of allylic oxidation sites excluding steroid dienone is 2. The molecule has 8 heteroatoms. The van der Waals surface area contributed by atoms with Crippen molar-refractivity contribution in [2.45, 2.75) is 76.8 Å². The third-order valence-corrected chi connectivity index (χ3v) is 6.47. The van der Waals surface area contributed by atoms with Gasteiger partial charge in [0.15, 0.2) is 6.61 Å². The van der Waals surface area contributed by atoms with Gasteiger partial charge >= 0.3 is 5.97 Å². The van der Waals surface area contributed by atoms with Gasteiger partial charge in [0.2, 0.25) is 11.8 Å². The SMILES string of the molecule is CC(C)C[C@H](C(=O)OCC(=O)NC1(C#N)CCCCC1)N1C(=O)[C@H]2CC=CC[C@@H]2C1=O. The Labute approximate surface area is 183 Å². The number of nitrogens with zero attached hydrogens (tertiary/aromatic N) is 2. The van der Waals surface area contributed by atoms with Crippen LogP contribution in [0.2, 0.25) is 0 Å². The fourth-order valence-electron chi connectivity index (χ4n) is 4.84.